The van der Waals surface area contributed by atoms with Crippen LogP contribution in [0.4, 0.5) is 0 Å². The largest absolute Gasteiger partial charge is 0.292 e. The maximum Gasteiger partial charge on any atom is 0.292 e. The second kappa shape index (κ2) is 6.58. The number of hydrogen-bond acceptors (Lipinski definition) is 1. The minimum Gasteiger partial charge on any atom is -0.199 e. The number of benzene rings is 2. The molecule has 0 bridgehead atoms. The van der Waals surface area contributed by atoms with Crippen molar-refractivity contribution >= 4 is 10.9 Å². The molecule has 0 saturated carbocycles. The Morgan fingerprint density at radius 2 is 1.41 bits per heavy atom. The van der Waals surface area contributed by atoms with Crippen LogP contribution in [0.3, 0.4) is 0 Å². The van der Waals surface area contributed by atoms with Crippen LogP contribution in [-0.4, -0.2) is 4.98 Å². The topological polar surface area (TPSA) is 20.6 Å². The van der Waals surface area contributed by atoms with Crippen LogP contribution in [0.5, 0.6) is 0 Å². The van der Waals surface area contributed by atoms with Crippen LogP contribution in [-0.2, 0) is 0 Å². The van der Waals surface area contributed by atoms with Crippen molar-refractivity contribution < 1.29 is 9.13 Å². The lowest BCUT2D eigenvalue weighted by Gasteiger charge is -2.14. The monoisotopic (exact) mass is 355 g/mol. The molecule has 2 aromatic heterocycles. The summed E-state index contributed by atoms with van der Waals surface area (Å²) in [6.07, 6.45) is 4.09. The maximum absolute atomic E-state index is 4.70. The molecule has 0 N–H and O–H groups in total. The van der Waals surface area contributed by atoms with Gasteiger partial charge in [0.15, 0.2) is 17.4 Å². The normalized spacial score (nSPS) is 11.1. The van der Waals surface area contributed by atoms with Crippen molar-refractivity contribution in [3.8, 4) is 11.4 Å². The third kappa shape index (κ3) is 2.80. The summed E-state index contributed by atoms with van der Waals surface area (Å²) in [5, 5.41) is 1.18. The fourth-order valence-corrected chi connectivity index (χ4v) is 4.14. The summed E-state index contributed by atoms with van der Waals surface area (Å²) in [4.78, 5) is 4.70. The first kappa shape index (κ1) is 17.3. The number of hydrogen-bond donors (Lipinski definition) is 0. The molecule has 134 valence electrons. The van der Waals surface area contributed by atoms with E-state index in [9.17, 15) is 0 Å². The lowest BCUT2D eigenvalue weighted by Crippen LogP contribution is -2.40. The molecule has 4 rings (SSSR count). The number of pyridine rings is 1. The number of rotatable bonds is 2. The maximum atomic E-state index is 4.70. The third-order valence-electron chi connectivity index (χ3n) is 5.40. The van der Waals surface area contributed by atoms with E-state index in [2.05, 4.69) is 92.4 Å². The Bertz CT molecular complexity index is 1180. The molecule has 2 aromatic carbocycles. The van der Waals surface area contributed by atoms with Crippen LogP contribution in [0, 0.1) is 34.6 Å². The van der Waals surface area contributed by atoms with E-state index in [0.717, 1.165) is 5.52 Å². The van der Waals surface area contributed by atoms with E-state index in [-0.39, 0.29) is 0 Å². The van der Waals surface area contributed by atoms with E-state index < -0.39 is 0 Å². The van der Waals surface area contributed by atoms with Gasteiger partial charge in [0.2, 0.25) is 5.69 Å². The van der Waals surface area contributed by atoms with E-state index in [1.807, 2.05) is 12.4 Å². The molecule has 3 heteroatoms. The van der Waals surface area contributed by atoms with Gasteiger partial charge in [0.1, 0.15) is 11.4 Å². The molecule has 2 heterocycles. The molecule has 0 atom stereocenters. The van der Waals surface area contributed by atoms with Gasteiger partial charge in [-0.3, -0.25) is 0 Å². The van der Waals surface area contributed by atoms with Crippen molar-refractivity contribution in [2.75, 3.05) is 0 Å². The van der Waals surface area contributed by atoms with Crippen LogP contribution >= 0.6 is 0 Å². The van der Waals surface area contributed by atoms with Crippen LogP contribution < -0.4 is 9.13 Å². The molecule has 0 saturated heterocycles. The predicted molar refractivity (Wildman–Crippen MR) is 108 cm³/mol. The molecule has 0 aliphatic carbocycles. The van der Waals surface area contributed by atoms with Gasteiger partial charge in [-0.25, -0.2) is 0 Å². The first-order chi connectivity index (χ1) is 13.0. The van der Waals surface area contributed by atoms with Crippen molar-refractivity contribution in [3.05, 3.63) is 89.1 Å². The van der Waals surface area contributed by atoms with Gasteiger partial charge in [-0.1, -0.05) is 18.2 Å². The Labute approximate surface area is 160 Å². The zero-order valence-corrected chi connectivity index (χ0v) is 16.6. The van der Waals surface area contributed by atoms with Gasteiger partial charge >= 0.3 is 0 Å². The minimum absolute atomic E-state index is 1.03. The highest BCUT2D eigenvalue weighted by Gasteiger charge is 2.25. The Morgan fingerprint density at radius 3 is 2.15 bits per heavy atom. The predicted octanol–water partition coefficient (Wildman–Crippen LogP) is 4.33. The van der Waals surface area contributed by atoms with Crippen LogP contribution in [0.1, 0.15) is 28.1 Å². The van der Waals surface area contributed by atoms with Crippen molar-refractivity contribution in [3.63, 3.8) is 0 Å². The molecule has 4 aromatic rings. The molecule has 0 fully saturated rings. The van der Waals surface area contributed by atoms with Gasteiger partial charge in [-0.05, 0) is 56.4 Å². The molecular weight excluding hydrogens is 330 g/mol. The minimum atomic E-state index is 1.03. The fourth-order valence-electron chi connectivity index (χ4n) is 4.14. The average molecular weight is 355 g/mol. The Hall–Kier alpha value is -3.07. The van der Waals surface area contributed by atoms with E-state index in [1.165, 1.54) is 44.8 Å². The van der Waals surface area contributed by atoms with Gasteiger partial charge in [0.25, 0.3) is 6.33 Å². The summed E-state index contributed by atoms with van der Waals surface area (Å²) in [6, 6.07) is 16.9. The lowest BCUT2D eigenvalue weighted by molar-refractivity contribution is -0.613. The third-order valence-corrected chi connectivity index (χ3v) is 5.40. The molecule has 0 amide bonds. The van der Waals surface area contributed by atoms with Gasteiger partial charge in [-0.2, -0.15) is 9.13 Å². The van der Waals surface area contributed by atoms with Gasteiger partial charge in [0.05, 0.1) is 10.9 Å². The van der Waals surface area contributed by atoms with Crippen molar-refractivity contribution in [1.82, 2.24) is 4.98 Å². The Morgan fingerprint density at radius 1 is 0.741 bits per heavy atom. The number of para-hydroxylation sites is 1. The zero-order valence-electron chi connectivity index (χ0n) is 16.6. The van der Waals surface area contributed by atoms with E-state index in [1.54, 1.807) is 0 Å². The van der Waals surface area contributed by atoms with Crippen LogP contribution in [0.2, 0.25) is 0 Å². The smallest absolute Gasteiger partial charge is 0.199 e. The van der Waals surface area contributed by atoms with Gasteiger partial charge in [-0.15, -0.1) is 0 Å². The second-order valence-corrected chi connectivity index (χ2v) is 7.26. The highest BCUT2D eigenvalue weighted by Crippen LogP contribution is 2.24. The second-order valence-electron chi connectivity index (χ2n) is 7.26. The summed E-state index contributed by atoms with van der Waals surface area (Å²) in [5.74, 6) is 0. The Kier molecular flexibility index (Phi) is 4.23. The fraction of sp³-hybridized carbons (Fsp3) is 0.208. The van der Waals surface area contributed by atoms with Gasteiger partial charge in [0, 0.05) is 24.6 Å². The zero-order chi connectivity index (χ0) is 19.1. The summed E-state index contributed by atoms with van der Waals surface area (Å²) < 4.78 is 4.51. The van der Waals surface area contributed by atoms with Gasteiger partial charge < -0.3 is 0 Å². The molecule has 0 radical (unpaired) electrons. The molecule has 0 unspecified atom stereocenters. The summed E-state index contributed by atoms with van der Waals surface area (Å²) in [7, 11) is 0. The number of nitrogens with zero attached hydrogens (tertiary/aromatic N) is 3. The van der Waals surface area contributed by atoms with Crippen LogP contribution in [0.15, 0.2) is 61.1 Å². The molecular formula is C24H25N3+2. The molecule has 3 nitrogen and oxygen atoms in total. The Balaban J connectivity index is 2.04. The SMILES string of the molecule is Cc1cc(C)c(-[n+]2cnc3ccccc3c2C)c(C)c1-[n+]1ccccc1C. The quantitative estimate of drug-likeness (QED) is 0.490. The number of fused-ring (bicyclic) bond motifs is 1. The van der Waals surface area contributed by atoms with E-state index in [4.69, 9.17) is 4.98 Å². The average Bonchev–Trinajstić information content (AvgIpc) is 2.65. The van der Waals surface area contributed by atoms with Crippen molar-refractivity contribution in [1.29, 1.82) is 0 Å². The van der Waals surface area contributed by atoms with Crippen molar-refractivity contribution in [2.45, 2.75) is 34.6 Å². The van der Waals surface area contributed by atoms with Crippen molar-refractivity contribution in [2.24, 2.45) is 0 Å². The first-order valence-corrected chi connectivity index (χ1v) is 9.34. The summed E-state index contributed by atoms with van der Waals surface area (Å²) in [6.45, 7) is 10.9. The number of aryl methyl sites for hydroxylation is 4. The molecule has 0 aliphatic heterocycles. The standard InChI is InChI=1S/C24H25N3/c1-16-14-17(2)24(19(4)23(16)26-13-9-8-10-18(26)3)27-15-25-22-12-7-6-11-21(22)20(27)5/h6-15H,1-5H3/q+2. The molecule has 27 heavy (non-hydrogen) atoms. The summed E-state index contributed by atoms with van der Waals surface area (Å²) >= 11 is 0. The highest BCUT2D eigenvalue weighted by atomic mass is 15.0. The van der Waals surface area contributed by atoms with E-state index >= 15 is 0 Å². The van der Waals surface area contributed by atoms with E-state index in [0.29, 0.717) is 0 Å². The molecule has 0 aliphatic rings. The lowest BCUT2D eigenvalue weighted by atomic mass is 10.0. The first-order valence-electron chi connectivity index (χ1n) is 9.34. The molecule has 0 spiro atoms. The summed E-state index contributed by atoms with van der Waals surface area (Å²) in [5.41, 5.74) is 9.71. The van der Waals surface area contributed by atoms with Crippen LogP contribution in [0.25, 0.3) is 22.3 Å². The number of aromatic nitrogens is 3. The highest BCUT2D eigenvalue weighted by molar-refractivity contribution is 5.79.